The number of benzene rings is 2. The van der Waals surface area contributed by atoms with Crippen LogP contribution in [0.15, 0.2) is 42.6 Å². The van der Waals surface area contributed by atoms with Gasteiger partial charge in [0.15, 0.2) is 5.54 Å². The second kappa shape index (κ2) is 9.12. The van der Waals surface area contributed by atoms with Crippen LogP contribution in [0, 0.1) is 6.92 Å². The summed E-state index contributed by atoms with van der Waals surface area (Å²) in [6.45, 7) is 7.70. The molecule has 3 atom stereocenters. The van der Waals surface area contributed by atoms with Crippen LogP contribution in [0.25, 0.3) is 0 Å². The smallest absolute Gasteiger partial charge is 0.261 e. The van der Waals surface area contributed by atoms with Crippen molar-refractivity contribution in [1.29, 1.82) is 0 Å². The van der Waals surface area contributed by atoms with Gasteiger partial charge in [0.25, 0.3) is 11.8 Å². The number of aryl methyl sites for hydroxylation is 1. The molecule has 2 N–H and O–H groups in total. The van der Waals surface area contributed by atoms with Crippen LogP contribution in [0.5, 0.6) is 0 Å². The van der Waals surface area contributed by atoms with Crippen molar-refractivity contribution in [1.82, 2.24) is 9.88 Å². The second-order valence-corrected chi connectivity index (χ2v) is 11.5. The van der Waals surface area contributed by atoms with Gasteiger partial charge in [-0.25, -0.2) is 0 Å². The highest BCUT2D eigenvalue weighted by Crippen LogP contribution is 2.56. The van der Waals surface area contributed by atoms with Gasteiger partial charge in [-0.05, 0) is 55.6 Å². The maximum atomic E-state index is 14.5. The van der Waals surface area contributed by atoms with Crippen molar-refractivity contribution in [3.63, 3.8) is 0 Å². The van der Waals surface area contributed by atoms with Gasteiger partial charge in [0.1, 0.15) is 0 Å². The summed E-state index contributed by atoms with van der Waals surface area (Å²) >= 11 is 12.8. The summed E-state index contributed by atoms with van der Waals surface area (Å²) in [5.41, 5.74) is 3.57. The Labute approximate surface area is 232 Å². The molecule has 38 heavy (non-hydrogen) atoms. The quantitative estimate of drug-likeness (QED) is 0.439. The lowest BCUT2D eigenvalue weighted by atomic mass is 9.81. The van der Waals surface area contributed by atoms with Crippen molar-refractivity contribution in [2.45, 2.75) is 50.8 Å². The van der Waals surface area contributed by atoms with Crippen LogP contribution >= 0.6 is 23.2 Å². The third kappa shape index (κ3) is 3.42. The highest BCUT2D eigenvalue weighted by atomic mass is 35.5. The van der Waals surface area contributed by atoms with Gasteiger partial charge in [0.05, 0.1) is 23.4 Å². The SMILES string of the molecule is COC1CNCCC1n1cc2c(c1C(C)C)C1(C(=O)Nc3cc(Cl)ccc31)N(c1cc(Cl)ccc1C)C2=O. The second-order valence-electron chi connectivity index (χ2n) is 10.6. The van der Waals surface area contributed by atoms with E-state index in [-0.39, 0.29) is 29.9 Å². The summed E-state index contributed by atoms with van der Waals surface area (Å²) in [4.78, 5) is 30.4. The van der Waals surface area contributed by atoms with E-state index in [9.17, 15) is 9.59 Å². The fourth-order valence-corrected chi connectivity index (χ4v) is 6.90. The number of rotatable bonds is 4. The van der Waals surface area contributed by atoms with Gasteiger partial charge in [0, 0.05) is 52.4 Å². The minimum absolute atomic E-state index is 0.0281. The Hall–Kier alpha value is -2.84. The number of anilines is 2. The number of fused-ring (bicyclic) bond motifs is 4. The standard InChI is InChI=1S/C29H30Cl2N4O3/c1-15(2)26-25-19(14-34(26)22-9-10-32-13-24(22)38-4)27(36)35(23-12-18(31)6-5-16(23)3)29(25)20-8-7-17(30)11-21(20)33-28(29)37/h5-8,11-12,14-15,22,24,32H,9-10,13H2,1-4H3,(H,33,37). The van der Waals surface area contributed by atoms with E-state index in [1.165, 1.54) is 0 Å². The Bertz CT molecular complexity index is 1480. The van der Waals surface area contributed by atoms with E-state index in [0.29, 0.717) is 32.5 Å². The van der Waals surface area contributed by atoms with Crippen LogP contribution in [-0.4, -0.2) is 42.7 Å². The molecule has 3 aromatic rings. The van der Waals surface area contributed by atoms with E-state index in [2.05, 4.69) is 29.0 Å². The molecule has 198 valence electrons. The molecule has 1 aromatic heterocycles. The number of ether oxygens (including phenoxy) is 1. The number of halogens is 2. The van der Waals surface area contributed by atoms with E-state index in [4.69, 9.17) is 27.9 Å². The van der Waals surface area contributed by atoms with E-state index in [0.717, 1.165) is 36.3 Å². The summed E-state index contributed by atoms with van der Waals surface area (Å²) in [7, 11) is 1.72. The molecular weight excluding hydrogens is 523 g/mol. The number of piperidine rings is 1. The van der Waals surface area contributed by atoms with Crippen LogP contribution in [0.1, 0.15) is 65.0 Å². The monoisotopic (exact) mass is 552 g/mol. The minimum Gasteiger partial charge on any atom is -0.378 e. The van der Waals surface area contributed by atoms with Gasteiger partial charge < -0.3 is 19.9 Å². The molecule has 1 saturated heterocycles. The number of aromatic nitrogens is 1. The Morgan fingerprint density at radius 3 is 2.58 bits per heavy atom. The molecule has 3 aliphatic heterocycles. The third-order valence-corrected chi connectivity index (χ3v) is 8.63. The molecule has 1 fully saturated rings. The maximum Gasteiger partial charge on any atom is 0.261 e. The predicted molar refractivity (Wildman–Crippen MR) is 150 cm³/mol. The lowest BCUT2D eigenvalue weighted by Gasteiger charge is -2.38. The van der Waals surface area contributed by atoms with Crippen molar-refractivity contribution in [3.8, 4) is 0 Å². The molecule has 2 amide bonds. The first-order valence-corrected chi connectivity index (χ1v) is 13.7. The van der Waals surface area contributed by atoms with Crippen molar-refractivity contribution in [2.24, 2.45) is 0 Å². The topological polar surface area (TPSA) is 75.6 Å². The zero-order chi connectivity index (χ0) is 26.9. The third-order valence-electron chi connectivity index (χ3n) is 8.16. The fourth-order valence-electron chi connectivity index (χ4n) is 6.56. The lowest BCUT2D eigenvalue weighted by molar-refractivity contribution is -0.119. The Morgan fingerprint density at radius 1 is 1.11 bits per heavy atom. The number of carbonyl (C=O) groups excluding carboxylic acids is 2. The molecule has 6 rings (SSSR count). The molecule has 4 heterocycles. The average molecular weight is 553 g/mol. The first-order valence-electron chi connectivity index (χ1n) is 12.9. The number of hydrogen-bond acceptors (Lipinski definition) is 4. The van der Waals surface area contributed by atoms with Gasteiger partial charge in [-0.1, -0.05) is 49.2 Å². The Kier molecular flexibility index (Phi) is 6.11. The molecular formula is C29H30Cl2N4O3. The van der Waals surface area contributed by atoms with Gasteiger partial charge in [0.2, 0.25) is 0 Å². The van der Waals surface area contributed by atoms with Crippen LogP contribution in [0.4, 0.5) is 11.4 Å². The number of nitrogens with zero attached hydrogens (tertiary/aromatic N) is 2. The van der Waals surface area contributed by atoms with E-state index in [1.807, 2.05) is 25.3 Å². The predicted octanol–water partition coefficient (Wildman–Crippen LogP) is 5.63. The van der Waals surface area contributed by atoms with E-state index < -0.39 is 5.54 Å². The normalized spacial score (nSPS) is 24.3. The summed E-state index contributed by atoms with van der Waals surface area (Å²) in [6, 6.07) is 10.8. The highest BCUT2D eigenvalue weighted by molar-refractivity contribution is 6.32. The number of carbonyl (C=O) groups is 2. The fraction of sp³-hybridized carbons (Fsp3) is 0.379. The van der Waals surface area contributed by atoms with Gasteiger partial charge in [-0.2, -0.15) is 0 Å². The number of methoxy groups -OCH3 is 1. The summed E-state index contributed by atoms with van der Waals surface area (Å²) in [5, 5.41) is 7.45. The van der Waals surface area contributed by atoms with Crippen LogP contribution in [0.3, 0.4) is 0 Å². The molecule has 3 aliphatic rings. The largest absolute Gasteiger partial charge is 0.378 e. The van der Waals surface area contributed by atoms with Gasteiger partial charge in [-0.15, -0.1) is 0 Å². The lowest BCUT2D eigenvalue weighted by Crippen LogP contribution is -2.51. The van der Waals surface area contributed by atoms with Crippen molar-refractivity contribution in [3.05, 3.63) is 80.6 Å². The van der Waals surface area contributed by atoms with Crippen LogP contribution < -0.4 is 15.5 Å². The Balaban J connectivity index is 1.69. The first-order chi connectivity index (χ1) is 18.2. The molecule has 1 spiro atoms. The average Bonchev–Trinajstić information content (AvgIpc) is 3.49. The van der Waals surface area contributed by atoms with E-state index in [1.54, 1.807) is 36.3 Å². The maximum absolute atomic E-state index is 14.5. The van der Waals surface area contributed by atoms with Crippen molar-refractivity contribution >= 4 is 46.4 Å². The minimum atomic E-state index is -1.40. The number of amides is 2. The number of hydrogen-bond donors (Lipinski definition) is 2. The molecule has 3 unspecified atom stereocenters. The summed E-state index contributed by atoms with van der Waals surface area (Å²) < 4.78 is 8.06. The van der Waals surface area contributed by atoms with Crippen molar-refractivity contribution < 1.29 is 14.3 Å². The molecule has 9 heteroatoms. The van der Waals surface area contributed by atoms with Gasteiger partial charge >= 0.3 is 0 Å². The molecule has 0 radical (unpaired) electrons. The summed E-state index contributed by atoms with van der Waals surface area (Å²) in [5.74, 6) is -0.485. The zero-order valence-electron chi connectivity index (χ0n) is 21.8. The molecule has 0 bridgehead atoms. The molecule has 2 aromatic carbocycles. The molecule has 7 nitrogen and oxygen atoms in total. The number of nitrogens with one attached hydrogen (secondary N) is 2. The van der Waals surface area contributed by atoms with E-state index >= 15 is 0 Å². The molecule has 0 saturated carbocycles. The first kappa shape index (κ1) is 25.4. The Morgan fingerprint density at radius 2 is 1.84 bits per heavy atom. The summed E-state index contributed by atoms with van der Waals surface area (Å²) in [6.07, 6.45) is 2.73. The molecule has 0 aliphatic carbocycles. The van der Waals surface area contributed by atoms with Crippen molar-refractivity contribution in [2.75, 3.05) is 30.4 Å². The van der Waals surface area contributed by atoms with Crippen LogP contribution in [0.2, 0.25) is 10.0 Å². The van der Waals surface area contributed by atoms with Gasteiger partial charge in [-0.3, -0.25) is 14.5 Å². The zero-order valence-corrected chi connectivity index (χ0v) is 23.3. The highest BCUT2D eigenvalue weighted by Gasteiger charge is 2.63. The van der Waals surface area contributed by atoms with Crippen LogP contribution in [-0.2, 0) is 15.1 Å².